The van der Waals surface area contributed by atoms with E-state index in [1.165, 1.54) is 25.7 Å². The lowest BCUT2D eigenvalue weighted by Crippen LogP contribution is -2.53. The number of nitrogens with zero attached hydrogens (tertiary/aromatic N) is 4. The molecule has 45 heavy (non-hydrogen) atoms. The Hall–Kier alpha value is -3.51. The number of carbonyl (C=O) groups excluding carboxylic acids is 1. The van der Waals surface area contributed by atoms with E-state index in [9.17, 15) is 18.0 Å². The molecule has 0 unspecified atom stereocenters. The van der Waals surface area contributed by atoms with Crippen LogP contribution in [0.5, 0.6) is 11.5 Å². The number of amides is 2. The van der Waals surface area contributed by atoms with Crippen LogP contribution in [0.4, 0.5) is 18.0 Å². The van der Waals surface area contributed by atoms with Gasteiger partial charge in [-0.15, -0.1) is 0 Å². The molecule has 0 bridgehead atoms. The van der Waals surface area contributed by atoms with E-state index in [0.717, 1.165) is 30.6 Å². The second-order valence-electron chi connectivity index (χ2n) is 11.4. The summed E-state index contributed by atoms with van der Waals surface area (Å²) in [5.41, 5.74) is 1.88. The Morgan fingerprint density at radius 1 is 1.04 bits per heavy atom. The topological polar surface area (TPSA) is 94.9 Å². The summed E-state index contributed by atoms with van der Waals surface area (Å²) in [4.78, 5) is 34.8. The minimum atomic E-state index is -5.08. The van der Waals surface area contributed by atoms with Crippen LogP contribution in [-0.2, 0) is 4.79 Å². The predicted molar refractivity (Wildman–Crippen MR) is 165 cm³/mol. The van der Waals surface area contributed by atoms with Crippen LogP contribution in [-0.4, -0.2) is 96.8 Å². The van der Waals surface area contributed by atoms with Gasteiger partial charge in [-0.05, 0) is 56.1 Å². The number of alkyl halides is 3. The molecule has 2 aromatic rings. The second-order valence-corrected chi connectivity index (χ2v) is 11.9. The van der Waals surface area contributed by atoms with Crippen LogP contribution >= 0.6 is 11.6 Å². The molecule has 1 N–H and O–H groups in total. The highest BCUT2D eigenvalue weighted by Crippen LogP contribution is 2.42. The van der Waals surface area contributed by atoms with E-state index in [1.54, 1.807) is 7.11 Å². The summed E-state index contributed by atoms with van der Waals surface area (Å²) in [6, 6.07) is 13.5. The standard InChI is InChI=1S/C30H39ClN4O3.C2HF3O2/c1-4-38-27-20-24(37-3)13-14-25(27)29-32-26(19-21-7-5-6-8-21)28(22-9-11-23(31)12-10-22)35(29)30(36)34-17-15-33(2)16-18-34;3-2(4,5)1(6)7/h9-14,20-21,26,28H,4-8,15-19H2,1-3H3;(H,6,7)/t26-,28+;/m1./s1. The number of aliphatic imine (C=N–C) groups is 1. The zero-order chi connectivity index (χ0) is 32.7. The first-order valence-corrected chi connectivity index (χ1v) is 15.5. The summed E-state index contributed by atoms with van der Waals surface area (Å²) < 4.78 is 43.3. The van der Waals surface area contributed by atoms with Gasteiger partial charge in [0, 0.05) is 37.3 Å². The maximum atomic E-state index is 14.4. The highest BCUT2D eigenvalue weighted by Gasteiger charge is 2.45. The van der Waals surface area contributed by atoms with Gasteiger partial charge in [0.05, 0.1) is 31.4 Å². The molecule has 2 amide bonds. The number of piperazine rings is 1. The van der Waals surface area contributed by atoms with Gasteiger partial charge in [0.25, 0.3) is 0 Å². The van der Waals surface area contributed by atoms with Gasteiger partial charge >= 0.3 is 18.2 Å². The van der Waals surface area contributed by atoms with E-state index in [4.69, 9.17) is 36.0 Å². The van der Waals surface area contributed by atoms with Crippen molar-refractivity contribution >= 4 is 29.4 Å². The van der Waals surface area contributed by atoms with Crippen molar-refractivity contribution in [1.29, 1.82) is 0 Å². The van der Waals surface area contributed by atoms with E-state index in [-0.39, 0.29) is 18.1 Å². The lowest BCUT2D eigenvalue weighted by atomic mass is 9.90. The third kappa shape index (κ3) is 8.61. The number of carboxylic acid groups (broad SMARTS) is 1. The molecular weight excluding hydrogens is 613 g/mol. The Bertz CT molecular complexity index is 1340. The maximum Gasteiger partial charge on any atom is 0.490 e. The predicted octanol–water partition coefficient (Wildman–Crippen LogP) is 6.50. The second kappa shape index (κ2) is 15.2. The molecule has 3 aliphatic rings. The number of halogens is 4. The number of urea groups is 1. The van der Waals surface area contributed by atoms with Crippen LogP contribution in [0.2, 0.25) is 5.02 Å². The number of hydrogen-bond donors (Lipinski definition) is 1. The molecule has 13 heteroatoms. The van der Waals surface area contributed by atoms with Crippen molar-refractivity contribution in [3.8, 4) is 11.5 Å². The highest BCUT2D eigenvalue weighted by molar-refractivity contribution is 6.30. The summed E-state index contributed by atoms with van der Waals surface area (Å²) in [6.07, 6.45) is 0.887. The number of benzene rings is 2. The van der Waals surface area contributed by atoms with Crippen LogP contribution in [0.15, 0.2) is 47.5 Å². The largest absolute Gasteiger partial charge is 0.497 e. The van der Waals surface area contributed by atoms with Crippen LogP contribution in [0, 0.1) is 5.92 Å². The fourth-order valence-corrected chi connectivity index (χ4v) is 6.17. The molecule has 0 aromatic heterocycles. The first-order valence-electron chi connectivity index (χ1n) is 15.1. The van der Waals surface area contributed by atoms with Crippen molar-refractivity contribution in [1.82, 2.24) is 14.7 Å². The molecule has 0 spiro atoms. The SMILES string of the molecule is CCOc1cc(OC)ccc1C1=N[C@H](CC2CCCC2)[C@H](c2ccc(Cl)cc2)N1C(=O)N1CCN(C)CC1.O=C(O)C(F)(F)F. The van der Waals surface area contributed by atoms with E-state index < -0.39 is 12.1 Å². The molecule has 0 radical (unpaired) electrons. The number of carboxylic acids is 1. The van der Waals surface area contributed by atoms with Crippen molar-refractivity contribution in [2.24, 2.45) is 10.9 Å². The average molecular weight is 653 g/mol. The molecule has 2 atom stereocenters. The van der Waals surface area contributed by atoms with Gasteiger partial charge in [-0.1, -0.05) is 49.4 Å². The normalized spacial score (nSPS) is 20.8. The van der Waals surface area contributed by atoms with Crippen molar-refractivity contribution in [2.75, 3.05) is 46.9 Å². The van der Waals surface area contributed by atoms with Crippen LogP contribution in [0.3, 0.4) is 0 Å². The first kappa shape index (κ1) is 34.4. The summed E-state index contributed by atoms with van der Waals surface area (Å²) in [7, 11) is 3.75. The monoisotopic (exact) mass is 652 g/mol. The zero-order valence-corrected chi connectivity index (χ0v) is 26.5. The Labute approximate surface area is 266 Å². The Balaban J connectivity index is 0.000000591. The third-order valence-electron chi connectivity index (χ3n) is 8.37. The lowest BCUT2D eigenvalue weighted by Gasteiger charge is -2.38. The number of rotatable bonds is 7. The molecule has 246 valence electrons. The van der Waals surface area contributed by atoms with Crippen molar-refractivity contribution < 1.29 is 37.3 Å². The molecule has 5 rings (SSSR count). The summed E-state index contributed by atoms with van der Waals surface area (Å²) in [5.74, 6) is -0.0566. The lowest BCUT2D eigenvalue weighted by molar-refractivity contribution is -0.192. The number of methoxy groups -OCH3 is 1. The van der Waals surface area contributed by atoms with E-state index >= 15 is 0 Å². The molecule has 1 aliphatic carbocycles. The number of hydrogen-bond acceptors (Lipinski definition) is 6. The molecule has 1 saturated carbocycles. The Morgan fingerprint density at radius 2 is 1.67 bits per heavy atom. The maximum absolute atomic E-state index is 14.4. The van der Waals surface area contributed by atoms with Crippen molar-refractivity contribution in [3.63, 3.8) is 0 Å². The molecule has 2 aromatic carbocycles. The van der Waals surface area contributed by atoms with Gasteiger partial charge in [-0.25, -0.2) is 9.59 Å². The molecule has 9 nitrogen and oxygen atoms in total. The highest BCUT2D eigenvalue weighted by atomic mass is 35.5. The minimum Gasteiger partial charge on any atom is -0.497 e. The van der Waals surface area contributed by atoms with Crippen molar-refractivity contribution in [3.05, 3.63) is 58.6 Å². The van der Waals surface area contributed by atoms with Gasteiger partial charge in [0.2, 0.25) is 0 Å². The average Bonchev–Trinajstić information content (AvgIpc) is 3.66. The van der Waals surface area contributed by atoms with E-state index in [2.05, 4.69) is 24.1 Å². The smallest absolute Gasteiger partial charge is 0.490 e. The quantitative estimate of drug-likeness (QED) is 0.367. The van der Waals surface area contributed by atoms with Crippen LogP contribution in [0.1, 0.15) is 56.2 Å². The summed E-state index contributed by atoms with van der Waals surface area (Å²) in [6.45, 7) is 5.57. The van der Waals surface area contributed by atoms with E-state index in [0.29, 0.717) is 48.0 Å². The van der Waals surface area contributed by atoms with Crippen LogP contribution < -0.4 is 9.47 Å². The summed E-state index contributed by atoms with van der Waals surface area (Å²) in [5, 5.41) is 7.81. The van der Waals surface area contributed by atoms with Gasteiger partial charge in [-0.2, -0.15) is 13.2 Å². The van der Waals surface area contributed by atoms with Gasteiger partial charge < -0.3 is 24.4 Å². The number of aliphatic carboxylic acids is 1. The van der Waals surface area contributed by atoms with Gasteiger partial charge in [-0.3, -0.25) is 9.89 Å². The van der Waals surface area contributed by atoms with Crippen LogP contribution in [0.25, 0.3) is 0 Å². The molecule has 2 heterocycles. The number of ether oxygens (including phenoxy) is 2. The van der Waals surface area contributed by atoms with Crippen molar-refractivity contribution in [2.45, 2.75) is 57.3 Å². The first-order chi connectivity index (χ1) is 21.4. The summed E-state index contributed by atoms with van der Waals surface area (Å²) >= 11 is 6.28. The number of likely N-dealkylation sites (N-methyl/N-ethyl adjacent to an activating group) is 1. The third-order valence-corrected chi connectivity index (χ3v) is 8.62. The van der Waals surface area contributed by atoms with Gasteiger partial charge in [0.15, 0.2) is 0 Å². The molecular formula is C32H40ClF3N4O5. The Morgan fingerprint density at radius 3 is 2.22 bits per heavy atom. The Kier molecular flexibility index (Phi) is 11.6. The minimum absolute atomic E-state index is 0.00369. The zero-order valence-electron chi connectivity index (χ0n) is 25.7. The fourth-order valence-electron chi connectivity index (χ4n) is 6.04. The molecule has 1 saturated heterocycles. The van der Waals surface area contributed by atoms with Gasteiger partial charge in [0.1, 0.15) is 17.3 Å². The van der Waals surface area contributed by atoms with E-state index in [1.807, 2.05) is 47.1 Å². The number of carbonyl (C=O) groups is 2. The molecule has 2 aliphatic heterocycles. The fraction of sp³-hybridized carbons (Fsp3) is 0.531. The number of amidine groups is 1. The molecule has 2 fully saturated rings.